The van der Waals surface area contributed by atoms with Gasteiger partial charge in [-0.2, -0.15) is 5.26 Å². The quantitative estimate of drug-likeness (QED) is 0.457. The number of nitriles is 1. The number of ether oxygens (including phenoxy) is 2. The Labute approximate surface area is 232 Å². The highest BCUT2D eigenvalue weighted by atomic mass is 32.2. The number of nitrogens with one attached hydrogen (secondary N) is 1. The monoisotopic (exact) mass is 549 g/mol. The molecule has 2 aliphatic heterocycles. The summed E-state index contributed by atoms with van der Waals surface area (Å²) in [6.45, 7) is 3.42. The van der Waals surface area contributed by atoms with Gasteiger partial charge in [-0.3, -0.25) is 0 Å². The molecule has 206 valence electrons. The molecule has 1 aromatic heterocycles. The minimum atomic E-state index is -1.23. The molecule has 2 saturated heterocycles. The Hall–Kier alpha value is -3.20. The van der Waals surface area contributed by atoms with Gasteiger partial charge in [0.1, 0.15) is 34.7 Å². The molecule has 3 N–H and O–H groups in total. The molecule has 0 saturated carbocycles. The number of rotatable bonds is 8. The Bertz CT molecular complexity index is 1300. The highest BCUT2D eigenvalue weighted by Gasteiger charge is 2.19. The fourth-order valence-electron chi connectivity index (χ4n) is 4.76. The van der Waals surface area contributed by atoms with Gasteiger partial charge in [0.2, 0.25) is 0 Å². The van der Waals surface area contributed by atoms with Crippen LogP contribution in [0.25, 0.3) is 11.3 Å². The average molecular weight is 550 g/mol. The van der Waals surface area contributed by atoms with E-state index >= 15 is 0 Å². The third-order valence-corrected chi connectivity index (χ3v) is 8.30. The lowest BCUT2D eigenvalue weighted by Gasteiger charge is -2.29. The van der Waals surface area contributed by atoms with E-state index in [4.69, 9.17) is 14.5 Å². The van der Waals surface area contributed by atoms with Gasteiger partial charge in [-0.25, -0.2) is 18.9 Å². The van der Waals surface area contributed by atoms with Crippen molar-refractivity contribution in [3.8, 4) is 23.1 Å². The van der Waals surface area contributed by atoms with Gasteiger partial charge in [-0.15, -0.1) is 0 Å². The van der Waals surface area contributed by atoms with Crippen LogP contribution in [-0.4, -0.2) is 70.0 Å². The van der Waals surface area contributed by atoms with Crippen LogP contribution in [0.2, 0.25) is 0 Å². The molecule has 0 aliphatic carbocycles. The maximum atomic E-state index is 12.8. The van der Waals surface area contributed by atoms with Gasteiger partial charge >= 0.3 is 0 Å². The van der Waals surface area contributed by atoms with E-state index in [0.29, 0.717) is 36.8 Å². The van der Waals surface area contributed by atoms with Crippen molar-refractivity contribution >= 4 is 11.0 Å². The van der Waals surface area contributed by atoms with E-state index in [1.807, 2.05) is 48.5 Å². The minimum Gasteiger partial charge on any atom is -0.489 e. The topological polar surface area (TPSA) is 132 Å². The maximum Gasteiger partial charge on any atom is 0.137 e. The van der Waals surface area contributed by atoms with Crippen molar-refractivity contribution < 1.29 is 19.2 Å². The van der Waals surface area contributed by atoms with E-state index in [1.54, 1.807) is 6.20 Å². The van der Waals surface area contributed by atoms with Crippen molar-refractivity contribution in [2.75, 3.05) is 33.4 Å². The lowest BCUT2D eigenvalue weighted by Crippen LogP contribution is -2.41. The van der Waals surface area contributed by atoms with Gasteiger partial charge in [-0.05, 0) is 74.9 Å². The zero-order chi connectivity index (χ0) is 26.3. The van der Waals surface area contributed by atoms with Crippen LogP contribution in [0, 0.1) is 11.3 Å². The van der Waals surface area contributed by atoms with Gasteiger partial charge in [-0.1, -0.05) is 12.1 Å². The molecule has 1 atom stereocenters. The van der Waals surface area contributed by atoms with Crippen molar-refractivity contribution in [2.24, 2.45) is 0 Å². The van der Waals surface area contributed by atoms with Crippen LogP contribution in [0.3, 0.4) is 0 Å². The van der Waals surface area contributed by atoms with Crippen molar-refractivity contribution in [1.82, 2.24) is 19.6 Å². The number of benzene rings is 2. The zero-order valence-corrected chi connectivity index (χ0v) is 23.0. The summed E-state index contributed by atoms with van der Waals surface area (Å²) in [5, 5.41) is 9.72. The third-order valence-electron chi connectivity index (χ3n) is 7.06. The lowest BCUT2D eigenvalue weighted by atomic mass is 10.1. The fourth-order valence-corrected chi connectivity index (χ4v) is 5.81. The molecule has 2 fully saturated rings. The predicted octanol–water partition coefficient (Wildman–Crippen LogP) is 3.05. The minimum absolute atomic E-state index is 0. The van der Waals surface area contributed by atoms with Crippen molar-refractivity contribution in [3.05, 3.63) is 71.7 Å². The summed E-state index contributed by atoms with van der Waals surface area (Å²) in [6, 6.07) is 17.8. The number of hydrogen-bond acceptors (Lipinski definition) is 7. The number of nitrogens with zero attached hydrogens (tertiary/aromatic N) is 4. The summed E-state index contributed by atoms with van der Waals surface area (Å²) >= 11 is 0. The van der Waals surface area contributed by atoms with Crippen molar-refractivity contribution in [2.45, 2.75) is 49.1 Å². The van der Waals surface area contributed by atoms with Crippen molar-refractivity contribution in [3.63, 3.8) is 0 Å². The summed E-state index contributed by atoms with van der Waals surface area (Å²) in [7, 11) is 0.894. The molecular formula is C29H35N5O4S. The van der Waals surface area contributed by atoms with E-state index in [0.717, 1.165) is 60.5 Å². The number of piperidine rings is 1. The van der Waals surface area contributed by atoms with E-state index in [9.17, 15) is 9.47 Å². The van der Waals surface area contributed by atoms with Gasteiger partial charge in [0, 0.05) is 37.1 Å². The van der Waals surface area contributed by atoms with Crippen LogP contribution in [0.1, 0.15) is 42.6 Å². The molecule has 5 rings (SSSR count). The summed E-state index contributed by atoms with van der Waals surface area (Å²) in [5.74, 6) is 1.28. The first-order valence-corrected chi connectivity index (χ1v) is 14.3. The highest BCUT2D eigenvalue weighted by Crippen LogP contribution is 2.28. The van der Waals surface area contributed by atoms with Crippen LogP contribution >= 0.6 is 0 Å². The molecule has 10 heteroatoms. The maximum absolute atomic E-state index is 12.8. The third kappa shape index (κ3) is 7.68. The largest absolute Gasteiger partial charge is 0.489 e. The molecule has 9 nitrogen and oxygen atoms in total. The smallest absolute Gasteiger partial charge is 0.137 e. The summed E-state index contributed by atoms with van der Waals surface area (Å²) in [6.07, 6.45) is 6.04. The van der Waals surface area contributed by atoms with Crippen LogP contribution in [-0.2, 0) is 22.1 Å². The molecule has 0 bridgehead atoms. The van der Waals surface area contributed by atoms with Gasteiger partial charge in [0.05, 0.1) is 29.4 Å². The van der Waals surface area contributed by atoms with Gasteiger partial charge < -0.3 is 19.8 Å². The molecule has 0 radical (unpaired) electrons. The highest BCUT2D eigenvalue weighted by molar-refractivity contribution is 7.83. The molecule has 39 heavy (non-hydrogen) atoms. The van der Waals surface area contributed by atoms with Gasteiger partial charge in [0.15, 0.2) is 0 Å². The standard InChI is InChI=1S/C29H33N5O3S.H2O/c1-34-14-9-24(10-15-34)33-38(35)26-5-2-21(3-6-26)18-29-31-13-8-27(32-29)22-4-7-28(23(19-22)20-30)37-25-11-16-36-17-12-25;/h2-8,13,19,24-25,33H,9-12,14-18H2,1H3;1H2. The number of hydrogen-bond donors (Lipinski definition) is 1. The van der Waals surface area contributed by atoms with E-state index in [-0.39, 0.29) is 17.6 Å². The second-order valence-corrected chi connectivity index (χ2v) is 11.1. The Balaban J connectivity index is 0.00000353. The zero-order valence-electron chi connectivity index (χ0n) is 22.1. The molecule has 3 aromatic rings. The van der Waals surface area contributed by atoms with Crippen molar-refractivity contribution in [1.29, 1.82) is 5.26 Å². The average Bonchev–Trinajstić information content (AvgIpc) is 2.95. The second kappa shape index (κ2) is 13.7. The van der Waals surface area contributed by atoms with Crippen LogP contribution < -0.4 is 9.46 Å². The fraction of sp³-hybridized carbons (Fsp3) is 0.414. The molecule has 2 aromatic carbocycles. The molecule has 0 amide bonds. The van der Waals surface area contributed by atoms with Gasteiger partial charge in [0.25, 0.3) is 0 Å². The molecular weight excluding hydrogens is 514 g/mol. The van der Waals surface area contributed by atoms with E-state index < -0.39 is 11.0 Å². The SMILES string of the molecule is CN1CCC(NS(=O)c2ccc(Cc3nccc(-c4ccc(OC5CCOCC5)c(C#N)c4)n3)cc2)CC1.O. The number of aromatic nitrogens is 2. The lowest BCUT2D eigenvalue weighted by molar-refractivity contribution is 0.0254. The molecule has 0 spiro atoms. The van der Waals surface area contributed by atoms with Crippen LogP contribution in [0.4, 0.5) is 0 Å². The van der Waals surface area contributed by atoms with E-state index in [1.165, 1.54) is 0 Å². The molecule has 2 aliphatic rings. The summed E-state index contributed by atoms with van der Waals surface area (Å²) in [4.78, 5) is 12.3. The van der Waals surface area contributed by atoms with Crippen LogP contribution in [0.5, 0.6) is 5.75 Å². The molecule has 1 unspecified atom stereocenters. The first-order chi connectivity index (χ1) is 18.6. The Morgan fingerprint density at radius 1 is 1.10 bits per heavy atom. The summed E-state index contributed by atoms with van der Waals surface area (Å²) < 4.78 is 27.5. The number of likely N-dealkylation sites (tertiary alicyclic amines) is 1. The summed E-state index contributed by atoms with van der Waals surface area (Å²) in [5.41, 5.74) is 3.13. The first kappa shape index (κ1) is 28.8. The Kier molecular flexibility index (Phi) is 10.1. The molecule has 3 heterocycles. The Morgan fingerprint density at radius 2 is 1.85 bits per heavy atom. The van der Waals surface area contributed by atoms with E-state index in [2.05, 4.69) is 27.7 Å². The normalized spacial score (nSPS) is 17.6. The first-order valence-electron chi connectivity index (χ1n) is 13.1. The Morgan fingerprint density at radius 3 is 2.56 bits per heavy atom. The second-order valence-electron chi connectivity index (χ2n) is 9.90. The predicted molar refractivity (Wildman–Crippen MR) is 150 cm³/mol. The van der Waals surface area contributed by atoms with Crippen LogP contribution in [0.15, 0.2) is 59.6 Å².